The van der Waals surface area contributed by atoms with Crippen molar-refractivity contribution >= 4 is 0 Å². The number of nitrogens with one attached hydrogen (secondary N) is 2. The zero-order valence-corrected chi connectivity index (χ0v) is 9.92. The van der Waals surface area contributed by atoms with Gasteiger partial charge in [-0.1, -0.05) is 25.1 Å². The van der Waals surface area contributed by atoms with Crippen LogP contribution < -0.4 is 10.6 Å². The first-order valence-electron chi connectivity index (χ1n) is 6.38. The molecule has 1 fully saturated rings. The molecule has 2 nitrogen and oxygen atoms in total. The molecule has 2 heteroatoms. The van der Waals surface area contributed by atoms with Gasteiger partial charge in [0.05, 0.1) is 0 Å². The number of fused-ring (bicyclic) bond motifs is 1. The van der Waals surface area contributed by atoms with Crippen LogP contribution in [-0.4, -0.2) is 12.6 Å². The van der Waals surface area contributed by atoms with E-state index in [0.29, 0.717) is 0 Å². The third kappa shape index (κ3) is 2.00. The zero-order valence-electron chi connectivity index (χ0n) is 9.92. The minimum absolute atomic E-state index is 0.776. The van der Waals surface area contributed by atoms with E-state index in [1.807, 2.05) is 0 Å². The van der Waals surface area contributed by atoms with Crippen LogP contribution >= 0.6 is 0 Å². The third-order valence-corrected chi connectivity index (χ3v) is 3.90. The fourth-order valence-corrected chi connectivity index (χ4v) is 2.62. The van der Waals surface area contributed by atoms with Gasteiger partial charge in [0, 0.05) is 19.1 Å². The lowest BCUT2D eigenvalue weighted by Gasteiger charge is -2.20. The van der Waals surface area contributed by atoms with E-state index in [2.05, 4.69) is 35.8 Å². The van der Waals surface area contributed by atoms with Crippen molar-refractivity contribution in [3.63, 3.8) is 0 Å². The van der Waals surface area contributed by atoms with E-state index in [-0.39, 0.29) is 0 Å². The Hall–Kier alpha value is -0.860. The highest BCUT2D eigenvalue weighted by molar-refractivity contribution is 5.37. The summed E-state index contributed by atoms with van der Waals surface area (Å²) in [5.41, 5.74) is 4.59. The molecule has 1 aliphatic carbocycles. The molecule has 86 valence electrons. The molecule has 2 N–H and O–H groups in total. The van der Waals surface area contributed by atoms with Crippen LogP contribution in [0.25, 0.3) is 0 Å². The van der Waals surface area contributed by atoms with Gasteiger partial charge in [0.1, 0.15) is 0 Å². The van der Waals surface area contributed by atoms with Crippen LogP contribution in [0.1, 0.15) is 30.0 Å². The molecule has 0 radical (unpaired) electrons. The molecule has 16 heavy (non-hydrogen) atoms. The smallest absolute Gasteiger partial charge is 0.0211 e. The van der Waals surface area contributed by atoms with Crippen LogP contribution in [0, 0.1) is 5.92 Å². The van der Waals surface area contributed by atoms with Gasteiger partial charge < -0.3 is 10.6 Å². The average Bonchev–Trinajstić information content (AvgIpc) is 3.03. The van der Waals surface area contributed by atoms with Gasteiger partial charge in [-0.2, -0.15) is 0 Å². The molecule has 2 atom stereocenters. The molecular formula is C14H20N2. The van der Waals surface area contributed by atoms with E-state index >= 15 is 0 Å². The molecule has 0 spiro atoms. The van der Waals surface area contributed by atoms with Crippen LogP contribution in [-0.2, 0) is 19.5 Å². The Balaban J connectivity index is 1.73. The Bertz CT molecular complexity index is 386. The van der Waals surface area contributed by atoms with Gasteiger partial charge in [-0.05, 0) is 42.0 Å². The minimum Gasteiger partial charge on any atom is -0.312 e. The van der Waals surface area contributed by atoms with Gasteiger partial charge in [0.2, 0.25) is 0 Å². The van der Waals surface area contributed by atoms with E-state index < -0.39 is 0 Å². The van der Waals surface area contributed by atoms with E-state index in [1.165, 1.54) is 24.0 Å². The second-order valence-corrected chi connectivity index (χ2v) is 5.18. The molecule has 0 bridgehead atoms. The SMILES string of the molecule is CC1CC1NCc1cccc2c1CCNC2. The summed E-state index contributed by atoms with van der Waals surface area (Å²) in [6.07, 6.45) is 2.55. The van der Waals surface area contributed by atoms with E-state index in [4.69, 9.17) is 0 Å². The fraction of sp³-hybridized carbons (Fsp3) is 0.571. The maximum absolute atomic E-state index is 3.65. The Morgan fingerprint density at radius 2 is 2.31 bits per heavy atom. The van der Waals surface area contributed by atoms with Crippen molar-refractivity contribution in [1.29, 1.82) is 0 Å². The van der Waals surface area contributed by atoms with E-state index in [1.54, 1.807) is 5.56 Å². The standard InChI is InChI=1S/C14H20N2/c1-10-7-14(10)16-9-12-4-2-3-11-8-15-6-5-13(11)12/h2-4,10,14-16H,5-9H2,1H3. The van der Waals surface area contributed by atoms with Gasteiger partial charge in [-0.15, -0.1) is 0 Å². The Morgan fingerprint density at radius 3 is 3.12 bits per heavy atom. The first kappa shape index (κ1) is 10.3. The number of hydrogen-bond donors (Lipinski definition) is 2. The summed E-state index contributed by atoms with van der Waals surface area (Å²) in [4.78, 5) is 0. The summed E-state index contributed by atoms with van der Waals surface area (Å²) in [6, 6.07) is 7.51. The molecule has 1 aromatic carbocycles. The predicted molar refractivity (Wildman–Crippen MR) is 66.3 cm³/mol. The first-order valence-corrected chi connectivity index (χ1v) is 6.38. The normalized spacial score (nSPS) is 27.6. The van der Waals surface area contributed by atoms with Gasteiger partial charge in [-0.3, -0.25) is 0 Å². The molecule has 1 aliphatic heterocycles. The summed E-state index contributed by atoms with van der Waals surface area (Å²) in [5.74, 6) is 0.890. The lowest BCUT2D eigenvalue weighted by atomic mass is 9.95. The van der Waals surface area contributed by atoms with Crippen molar-refractivity contribution in [2.24, 2.45) is 5.92 Å². The number of rotatable bonds is 3. The molecule has 0 saturated heterocycles. The van der Waals surface area contributed by atoms with E-state index in [0.717, 1.165) is 31.6 Å². The summed E-state index contributed by atoms with van der Waals surface area (Å²) in [6.45, 7) is 5.55. The largest absolute Gasteiger partial charge is 0.312 e. The minimum atomic E-state index is 0.776. The lowest BCUT2D eigenvalue weighted by molar-refractivity contribution is 0.617. The van der Waals surface area contributed by atoms with Crippen molar-refractivity contribution in [2.45, 2.75) is 38.9 Å². The lowest BCUT2D eigenvalue weighted by Crippen LogP contribution is -2.26. The van der Waals surface area contributed by atoms with E-state index in [9.17, 15) is 0 Å². The molecule has 0 amide bonds. The highest BCUT2D eigenvalue weighted by Gasteiger charge is 2.31. The van der Waals surface area contributed by atoms with Crippen LogP contribution in [0.2, 0.25) is 0 Å². The van der Waals surface area contributed by atoms with Crippen LogP contribution in [0.3, 0.4) is 0 Å². The molecule has 2 aliphatic rings. The average molecular weight is 216 g/mol. The van der Waals surface area contributed by atoms with Crippen molar-refractivity contribution < 1.29 is 0 Å². The maximum Gasteiger partial charge on any atom is 0.0211 e. The monoisotopic (exact) mass is 216 g/mol. The van der Waals surface area contributed by atoms with Crippen molar-refractivity contribution in [3.8, 4) is 0 Å². The molecule has 1 aromatic rings. The zero-order chi connectivity index (χ0) is 11.0. The van der Waals surface area contributed by atoms with Gasteiger partial charge in [0.25, 0.3) is 0 Å². The highest BCUT2D eigenvalue weighted by atomic mass is 15.0. The second kappa shape index (κ2) is 4.19. The Labute approximate surface area is 97.4 Å². The molecule has 0 aromatic heterocycles. The molecule has 1 heterocycles. The van der Waals surface area contributed by atoms with Crippen LogP contribution in [0.4, 0.5) is 0 Å². The van der Waals surface area contributed by atoms with Crippen molar-refractivity contribution in [3.05, 3.63) is 34.9 Å². The summed E-state index contributed by atoms with van der Waals surface area (Å²) in [5, 5.41) is 7.08. The molecule has 1 saturated carbocycles. The van der Waals surface area contributed by atoms with Crippen molar-refractivity contribution in [1.82, 2.24) is 10.6 Å². The summed E-state index contributed by atoms with van der Waals surface area (Å²) < 4.78 is 0. The van der Waals surface area contributed by atoms with Gasteiger partial charge in [0.15, 0.2) is 0 Å². The quantitative estimate of drug-likeness (QED) is 0.805. The predicted octanol–water partition coefficient (Wildman–Crippen LogP) is 1.83. The first-order chi connectivity index (χ1) is 7.84. The number of hydrogen-bond acceptors (Lipinski definition) is 2. The third-order valence-electron chi connectivity index (χ3n) is 3.90. The Kier molecular flexibility index (Phi) is 2.70. The van der Waals surface area contributed by atoms with Crippen LogP contribution in [0.5, 0.6) is 0 Å². The maximum atomic E-state index is 3.65. The van der Waals surface area contributed by atoms with Gasteiger partial charge in [-0.25, -0.2) is 0 Å². The van der Waals surface area contributed by atoms with Gasteiger partial charge >= 0.3 is 0 Å². The van der Waals surface area contributed by atoms with Crippen LogP contribution in [0.15, 0.2) is 18.2 Å². The topological polar surface area (TPSA) is 24.1 Å². The second-order valence-electron chi connectivity index (χ2n) is 5.18. The fourth-order valence-electron chi connectivity index (χ4n) is 2.62. The Morgan fingerprint density at radius 1 is 1.44 bits per heavy atom. The highest BCUT2D eigenvalue weighted by Crippen LogP contribution is 2.29. The molecule has 3 rings (SSSR count). The number of benzene rings is 1. The van der Waals surface area contributed by atoms with Crippen molar-refractivity contribution in [2.75, 3.05) is 6.54 Å². The summed E-state index contributed by atoms with van der Waals surface area (Å²) >= 11 is 0. The molecular weight excluding hydrogens is 196 g/mol. The summed E-state index contributed by atoms with van der Waals surface area (Å²) in [7, 11) is 0. The molecule has 2 unspecified atom stereocenters.